The monoisotopic (exact) mass is 353 g/mol. The normalized spacial score (nSPS) is 12.1. The van der Waals surface area contributed by atoms with Crippen molar-refractivity contribution >= 4 is 5.91 Å². The highest BCUT2D eigenvalue weighted by Crippen LogP contribution is 2.30. The molecular formula is C17H21F2N3O3. The molecule has 0 spiro atoms. The highest BCUT2D eigenvalue weighted by Gasteiger charge is 2.18. The maximum atomic E-state index is 12.5. The van der Waals surface area contributed by atoms with Crippen molar-refractivity contribution in [1.29, 1.82) is 0 Å². The first-order chi connectivity index (χ1) is 12.0. The van der Waals surface area contributed by atoms with Crippen molar-refractivity contribution < 1.29 is 23.0 Å². The van der Waals surface area contributed by atoms with Crippen LogP contribution in [0.4, 0.5) is 8.78 Å². The molecule has 0 aliphatic carbocycles. The van der Waals surface area contributed by atoms with Gasteiger partial charge in [0, 0.05) is 18.3 Å². The Kier molecular flexibility index (Phi) is 6.32. The molecule has 136 valence electrons. The number of nitrogens with one attached hydrogen (secondary N) is 1. The van der Waals surface area contributed by atoms with E-state index in [1.807, 2.05) is 19.9 Å². The summed E-state index contributed by atoms with van der Waals surface area (Å²) in [5.74, 6) is -0.354. The molecule has 25 heavy (non-hydrogen) atoms. The molecule has 8 heteroatoms. The molecule has 1 heterocycles. The average Bonchev–Trinajstić information content (AvgIpc) is 3.05. The number of alkyl halides is 2. The first-order valence-electron chi connectivity index (χ1n) is 8.00. The Bertz CT molecular complexity index is 719. The molecule has 2 aromatic rings. The zero-order valence-corrected chi connectivity index (χ0v) is 14.3. The number of amides is 1. The minimum absolute atomic E-state index is 0.0988. The molecular weight excluding hydrogens is 332 g/mol. The maximum absolute atomic E-state index is 12.5. The van der Waals surface area contributed by atoms with Crippen molar-refractivity contribution in [3.63, 3.8) is 0 Å². The summed E-state index contributed by atoms with van der Waals surface area (Å²) in [6.45, 7) is 3.51. The van der Waals surface area contributed by atoms with Crippen LogP contribution in [-0.2, 0) is 6.54 Å². The number of aromatic nitrogens is 2. The minimum atomic E-state index is -2.96. The van der Waals surface area contributed by atoms with E-state index in [-0.39, 0.29) is 30.1 Å². The number of benzene rings is 1. The molecule has 1 aromatic carbocycles. The molecule has 0 aliphatic rings. The molecule has 0 radical (unpaired) electrons. The fourth-order valence-electron chi connectivity index (χ4n) is 2.44. The fourth-order valence-corrected chi connectivity index (χ4v) is 2.44. The van der Waals surface area contributed by atoms with Crippen molar-refractivity contribution in [2.75, 3.05) is 6.61 Å². The lowest BCUT2D eigenvalue weighted by atomic mass is 10.1. The van der Waals surface area contributed by atoms with E-state index in [2.05, 4.69) is 15.2 Å². The van der Waals surface area contributed by atoms with Crippen molar-refractivity contribution in [1.82, 2.24) is 15.1 Å². The van der Waals surface area contributed by atoms with Gasteiger partial charge in [0.15, 0.2) is 11.5 Å². The Morgan fingerprint density at radius 1 is 1.28 bits per heavy atom. The average molecular weight is 353 g/mol. The first-order valence-corrected chi connectivity index (χ1v) is 8.00. The van der Waals surface area contributed by atoms with Gasteiger partial charge in [0.2, 0.25) is 0 Å². The van der Waals surface area contributed by atoms with E-state index in [4.69, 9.17) is 4.74 Å². The largest absolute Gasteiger partial charge is 0.490 e. The summed E-state index contributed by atoms with van der Waals surface area (Å²) < 4.78 is 36.3. The topological polar surface area (TPSA) is 65.4 Å². The standard InChI is InChI=1S/C17H21F2N3O3/c1-4-22-13(8-9-20-22)11(3)21-16(23)12-6-7-14(25-17(18)19)15(10-12)24-5-2/h6-11,17H,4-5H2,1-3H3,(H,21,23). The van der Waals surface area contributed by atoms with Gasteiger partial charge in [-0.25, -0.2) is 0 Å². The van der Waals surface area contributed by atoms with Crippen molar-refractivity contribution in [2.24, 2.45) is 0 Å². The van der Waals surface area contributed by atoms with Gasteiger partial charge in [-0.1, -0.05) is 0 Å². The summed E-state index contributed by atoms with van der Waals surface area (Å²) in [4.78, 5) is 12.5. The van der Waals surface area contributed by atoms with Crippen LogP contribution in [0.2, 0.25) is 0 Å². The fraction of sp³-hybridized carbons (Fsp3) is 0.412. The van der Waals surface area contributed by atoms with Gasteiger partial charge in [0.1, 0.15) is 0 Å². The van der Waals surface area contributed by atoms with E-state index < -0.39 is 6.61 Å². The van der Waals surface area contributed by atoms with Gasteiger partial charge < -0.3 is 14.8 Å². The molecule has 1 atom stereocenters. The summed E-state index contributed by atoms with van der Waals surface area (Å²) in [6, 6.07) is 5.68. The molecule has 1 aromatic heterocycles. The molecule has 0 saturated heterocycles. The molecule has 0 bridgehead atoms. The quantitative estimate of drug-likeness (QED) is 0.790. The van der Waals surface area contributed by atoms with Gasteiger partial charge in [0.25, 0.3) is 5.91 Å². The molecule has 0 fully saturated rings. The first kappa shape index (κ1) is 18.7. The third kappa shape index (κ3) is 4.68. The minimum Gasteiger partial charge on any atom is -0.490 e. The number of nitrogens with zero attached hydrogens (tertiary/aromatic N) is 2. The van der Waals surface area contributed by atoms with E-state index >= 15 is 0 Å². The van der Waals surface area contributed by atoms with Gasteiger partial charge in [-0.15, -0.1) is 0 Å². The van der Waals surface area contributed by atoms with Crippen LogP contribution >= 0.6 is 0 Å². The smallest absolute Gasteiger partial charge is 0.387 e. The highest BCUT2D eigenvalue weighted by molar-refractivity contribution is 5.95. The van der Waals surface area contributed by atoms with Crippen LogP contribution < -0.4 is 14.8 Å². The van der Waals surface area contributed by atoms with Crippen LogP contribution in [0.5, 0.6) is 11.5 Å². The third-order valence-electron chi connectivity index (χ3n) is 3.56. The lowest BCUT2D eigenvalue weighted by molar-refractivity contribution is -0.0514. The van der Waals surface area contributed by atoms with Gasteiger partial charge >= 0.3 is 6.61 Å². The van der Waals surface area contributed by atoms with E-state index in [0.29, 0.717) is 12.1 Å². The Hall–Kier alpha value is -2.64. The molecule has 2 rings (SSSR count). The number of rotatable bonds is 8. The summed E-state index contributed by atoms with van der Waals surface area (Å²) in [6.07, 6.45) is 1.67. The number of carbonyl (C=O) groups is 1. The lowest BCUT2D eigenvalue weighted by Crippen LogP contribution is -2.28. The molecule has 6 nitrogen and oxygen atoms in total. The molecule has 1 amide bonds. The number of hydrogen-bond donors (Lipinski definition) is 1. The van der Waals surface area contributed by atoms with Gasteiger partial charge in [-0.3, -0.25) is 9.48 Å². The number of ether oxygens (including phenoxy) is 2. The SMILES string of the molecule is CCOc1cc(C(=O)NC(C)c2ccnn2CC)ccc1OC(F)F. The van der Waals surface area contributed by atoms with E-state index in [9.17, 15) is 13.6 Å². The second-order valence-electron chi connectivity index (χ2n) is 5.24. The van der Waals surface area contributed by atoms with Crippen LogP contribution in [-0.4, -0.2) is 28.9 Å². The maximum Gasteiger partial charge on any atom is 0.387 e. The third-order valence-corrected chi connectivity index (χ3v) is 3.56. The number of halogens is 2. The van der Waals surface area contributed by atoms with Gasteiger partial charge in [-0.2, -0.15) is 13.9 Å². The Balaban J connectivity index is 2.17. The van der Waals surface area contributed by atoms with Crippen molar-refractivity contribution in [3.05, 3.63) is 41.7 Å². The number of carbonyl (C=O) groups excluding carboxylic acids is 1. The van der Waals surface area contributed by atoms with Crippen molar-refractivity contribution in [2.45, 2.75) is 40.0 Å². The van der Waals surface area contributed by atoms with Crippen LogP contribution in [0.3, 0.4) is 0 Å². The van der Waals surface area contributed by atoms with Crippen LogP contribution in [0.1, 0.15) is 42.9 Å². The molecule has 1 unspecified atom stereocenters. The molecule has 0 saturated carbocycles. The summed E-state index contributed by atoms with van der Waals surface area (Å²) in [5.41, 5.74) is 1.16. The molecule has 0 aliphatic heterocycles. The Morgan fingerprint density at radius 2 is 2.04 bits per heavy atom. The summed E-state index contributed by atoms with van der Waals surface area (Å²) in [5, 5.41) is 7.03. The van der Waals surface area contributed by atoms with E-state index in [1.165, 1.54) is 18.2 Å². The number of hydrogen-bond acceptors (Lipinski definition) is 4. The predicted molar refractivity (Wildman–Crippen MR) is 88.0 cm³/mol. The van der Waals surface area contributed by atoms with E-state index in [1.54, 1.807) is 17.8 Å². The van der Waals surface area contributed by atoms with Crippen LogP contribution in [0.25, 0.3) is 0 Å². The predicted octanol–water partition coefficient (Wildman–Crippen LogP) is 3.39. The lowest BCUT2D eigenvalue weighted by Gasteiger charge is -2.16. The van der Waals surface area contributed by atoms with Crippen molar-refractivity contribution in [3.8, 4) is 11.5 Å². The zero-order valence-electron chi connectivity index (χ0n) is 14.3. The summed E-state index contributed by atoms with van der Waals surface area (Å²) in [7, 11) is 0. The second kappa shape index (κ2) is 8.46. The van der Waals surface area contributed by atoms with Gasteiger partial charge in [-0.05, 0) is 45.0 Å². The number of aryl methyl sites for hydroxylation is 1. The Morgan fingerprint density at radius 3 is 2.68 bits per heavy atom. The van der Waals surface area contributed by atoms with Crippen LogP contribution in [0.15, 0.2) is 30.5 Å². The Labute approximate surface area is 144 Å². The second-order valence-corrected chi connectivity index (χ2v) is 5.24. The van der Waals surface area contributed by atoms with E-state index in [0.717, 1.165) is 5.69 Å². The molecule has 1 N–H and O–H groups in total. The zero-order chi connectivity index (χ0) is 18.4. The van der Waals surface area contributed by atoms with Crippen LogP contribution in [0, 0.1) is 0 Å². The highest BCUT2D eigenvalue weighted by atomic mass is 19.3. The van der Waals surface area contributed by atoms with Gasteiger partial charge in [0.05, 0.1) is 18.3 Å². The summed E-state index contributed by atoms with van der Waals surface area (Å²) >= 11 is 0.